The Morgan fingerprint density at radius 2 is 2.09 bits per heavy atom. The first-order valence-corrected chi connectivity index (χ1v) is 6.90. The molecule has 0 saturated heterocycles. The first-order valence-electron chi connectivity index (χ1n) is 6.14. The van der Waals surface area contributed by atoms with Gasteiger partial charge in [0.15, 0.2) is 0 Å². The molecule has 0 aliphatic rings. The molecule has 110 valence electrons. The second kappa shape index (κ2) is 7.46. The van der Waals surface area contributed by atoms with Crippen molar-refractivity contribution >= 4 is 40.6 Å². The molecule has 0 aliphatic carbocycles. The molecule has 0 spiro atoms. The van der Waals surface area contributed by atoms with Gasteiger partial charge >= 0.3 is 0 Å². The summed E-state index contributed by atoms with van der Waals surface area (Å²) in [5, 5.41) is 15.1. The predicted molar refractivity (Wildman–Crippen MR) is 86.6 cm³/mol. The number of benzene rings is 1. The molecule has 0 aliphatic heterocycles. The van der Waals surface area contributed by atoms with Crippen LogP contribution in [0.25, 0.3) is 0 Å². The number of rotatable bonds is 4. The molecule has 0 saturated carbocycles. The number of carbonyl (C=O) groups is 1. The van der Waals surface area contributed by atoms with E-state index < -0.39 is 5.91 Å². The van der Waals surface area contributed by atoms with Crippen LogP contribution in [0.4, 0.5) is 11.5 Å². The number of nitrogens with zero attached hydrogens (tertiary/aromatic N) is 2. The van der Waals surface area contributed by atoms with Crippen molar-refractivity contribution in [3.05, 3.63) is 64.4 Å². The van der Waals surface area contributed by atoms with Crippen LogP contribution in [0.15, 0.2) is 54.4 Å². The largest absolute Gasteiger partial charge is 0.345 e. The number of nitriles is 1. The van der Waals surface area contributed by atoms with Gasteiger partial charge in [0.05, 0.1) is 10.7 Å². The summed E-state index contributed by atoms with van der Waals surface area (Å²) in [7, 11) is 0. The van der Waals surface area contributed by atoms with Crippen molar-refractivity contribution in [3.8, 4) is 6.07 Å². The second-order valence-electron chi connectivity index (χ2n) is 4.11. The summed E-state index contributed by atoms with van der Waals surface area (Å²) < 4.78 is 0. The van der Waals surface area contributed by atoms with Crippen molar-refractivity contribution in [1.29, 1.82) is 5.26 Å². The Morgan fingerprint density at radius 1 is 1.27 bits per heavy atom. The van der Waals surface area contributed by atoms with Gasteiger partial charge in [0.25, 0.3) is 5.91 Å². The van der Waals surface area contributed by atoms with Gasteiger partial charge in [0, 0.05) is 17.4 Å². The van der Waals surface area contributed by atoms with Gasteiger partial charge in [0.2, 0.25) is 0 Å². The van der Waals surface area contributed by atoms with Crippen molar-refractivity contribution in [1.82, 2.24) is 4.98 Å². The van der Waals surface area contributed by atoms with Crippen LogP contribution < -0.4 is 10.6 Å². The number of hydrogen-bond acceptors (Lipinski definition) is 4. The third kappa shape index (κ3) is 4.22. The lowest BCUT2D eigenvalue weighted by Gasteiger charge is -2.07. The lowest BCUT2D eigenvalue weighted by molar-refractivity contribution is -0.112. The van der Waals surface area contributed by atoms with Crippen LogP contribution in [0.1, 0.15) is 0 Å². The number of anilines is 2. The standard InChI is InChI=1S/C15H10Cl2N4O/c16-11-4-5-13(12(17)7-11)21-15(22)10(8-18)9-20-14-3-1-2-6-19-14/h1-7,9H,(H,19,20)(H,21,22)/b10-9-. The third-order valence-electron chi connectivity index (χ3n) is 2.57. The topological polar surface area (TPSA) is 77.8 Å². The minimum Gasteiger partial charge on any atom is -0.345 e. The van der Waals surface area contributed by atoms with Gasteiger partial charge in [0.1, 0.15) is 17.5 Å². The molecule has 0 unspecified atom stereocenters. The van der Waals surface area contributed by atoms with Crippen LogP contribution in [-0.4, -0.2) is 10.9 Å². The maximum atomic E-state index is 12.0. The molecule has 0 fully saturated rings. The maximum Gasteiger partial charge on any atom is 0.267 e. The van der Waals surface area contributed by atoms with E-state index in [0.29, 0.717) is 16.5 Å². The zero-order chi connectivity index (χ0) is 15.9. The van der Waals surface area contributed by atoms with Crippen molar-refractivity contribution in [2.24, 2.45) is 0 Å². The Kier molecular flexibility index (Phi) is 5.37. The molecule has 1 heterocycles. The highest BCUT2D eigenvalue weighted by Gasteiger charge is 2.11. The molecule has 7 heteroatoms. The van der Waals surface area contributed by atoms with E-state index in [2.05, 4.69) is 15.6 Å². The molecule has 1 aromatic heterocycles. The average molecular weight is 333 g/mol. The zero-order valence-electron chi connectivity index (χ0n) is 11.2. The molecule has 2 rings (SSSR count). The highest BCUT2D eigenvalue weighted by Crippen LogP contribution is 2.25. The molecule has 2 N–H and O–H groups in total. The number of amides is 1. The van der Waals surface area contributed by atoms with E-state index in [1.165, 1.54) is 12.3 Å². The Bertz CT molecular complexity index is 754. The monoisotopic (exact) mass is 332 g/mol. The fraction of sp³-hybridized carbons (Fsp3) is 0. The Hall–Kier alpha value is -2.55. The van der Waals surface area contributed by atoms with Crippen LogP contribution in [0, 0.1) is 11.3 Å². The number of hydrogen-bond donors (Lipinski definition) is 2. The van der Waals surface area contributed by atoms with Gasteiger partial charge in [-0.3, -0.25) is 4.79 Å². The molecule has 22 heavy (non-hydrogen) atoms. The summed E-state index contributed by atoms with van der Waals surface area (Å²) in [5.41, 5.74) is 0.256. The Balaban J connectivity index is 2.10. The normalized spacial score (nSPS) is 10.7. The van der Waals surface area contributed by atoms with Gasteiger partial charge in [-0.15, -0.1) is 0 Å². The molecule has 0 atom stereocenters. The lowest BCUT2D eigenvalue weighted by Crippen LogP contribution is -2.15. The van der Waals surface area contributed by atoms with Gasteiger partial charge in [-0.1, -0.05) is 29.3 Å². The van der Waals surface area contributed by atoms with Crippen LogP contribution in [0.3, 0.4) is 0 Å². The first-order chi connectivity index (χ1) is 10.6. The summed E-state index contributed by atoms with van der Waals surface area (Å²) in [6.07, 6.45) is 2.87. The molecule has 0 bridgehead atoms. The van der Waals surface area contributed by atoms with E-state index in [-0.39, 0.29) is 10.6 Å². The van der Waals surface area contributed by atoms with Crippen LogP contribution in [0.2, 0.25) is 10.0 Å². The summed E-state index contributed by atoms with van der Waals surface area (Å²) in [6, 6.07) is 11.7. The van der Waals surface area contributed by atoms with Gasteiger partial charge < -0.3 is 10.6 Å². The third-order valence-corrected chi connectivity index (χ3v) is 3.12. The molecular formula is C15H10Cl2N4O. The fourth-order valence-electron chi connectivity index (χ4n) is 1.52. The molecule has 1 aromatic carbocycles. The molecular weight excluding hydrogens is 323 g/mol. The summed E-state index contributed by atoms with van der Waals surface area (Å²) in [4.78, 5) is 16.1. The number of halogens is 2. The number of aromatic nitrogens is 1. The number of carbonyl (C=O) groups excluding carboxylic acids is 1. The van der Waals surface area contributed by atoms with Crippen molar-refractivity contribution in [3.63, 3.8) is 0 Å². The SMILES string of the molecule is N#C/C(=C/Nc1ccccn1)C(=O)Nc1ccc(Cl)cc1Cl. The lowest BCUT2D eigenvalue weighted by atomic mass is 10.2. The highest BCUT2D eigenvalue weighted by molar-refractivity contribution is 6.36. The van der Waals surface area contributed by atoms with Crippen molar-refractivity contribution in [2.45, 2.75) is 0 Å². The van der Waals surface area contributed by atoms with Crippen LogP contribution in [0.5, 0.6) is 0 Å². The number of nitrogens with one attached hydrogen (secondary N) is 2. The predicted octanol–water partition coefficient (Wildman–Crippen LogP) is 3.85. The summed E-state index contributed by atoms with van der Waals surface area (Å²) in [6.45, 7) is 0. The smallest absolute Gasteiger partial charge is 0.267 e. The Morgan fingerprint density at radius 3 is 2.73 bits per heavy atom. The van der Waals surface area contributed by atoms with Crippen molar-refractivity contribution in [2.75, 3.05) is 10.6 Å². The van der Waals surface area contributed by atoms with Gasteiger partial charge in [-0.05, 0) is 30.3 Å². The fourth-order valence-corrected chi connectivity index (χ4v) is 1.98. The second-order valence-corrected chi connectivity index (χ2v) is 4.95. The molecule has 1 amide bonds. The Labute approximate surface area is 137 Å². The van der Waals surface area contributed by atoms with E-state index >= 15 is 0 Å². The number of pyridine rings is 1. The minimum atomic E-state index is -0.588. The van der Waals surface area contributed by atoms with Gasteiger partial charge in [-0.2, -0.15) is 5.26 Å². The molecule has 0 radical (unpaired) electrons. The van der Waals surface area contributed by atoms with Crippen molar-refractivity contribution < 1.29 is 4.79 Å². The van der Waals surface area contributed by atoms with E-state index in [1.54, 1.807) is 36.5 Å². The van der Waals surface area contributed by atoms with Crippen LogP contribution in [-0.2, 0) is 4.79 Å². The molecule has 2 aromatic rings. The van der Waals surface area contributed by atoms with E-state index in [0.717, 1.165) is 0 Å². The van der Waals surface area contributed by atoms with E-state index in [4.69, 9.17) is 28.5 Å². The average Bonchev–Trinajstić information content (AvgIpc) is 2.52. The van der Waals surface area contributed by atoms with E-state index in [1.807, 2.05) is 6.07 Å². The minimum absolute atomic E-state index is 0.114. The first kappa shape index (κ1) is 15.8. The highest BCUT2D eigenvalue weighted by atomic mass is 35.5. The summed E-state index contributed by atoms with van der Waals surface area (Å²) >= 11 is 11.8. The zero-order valence-corrected chi connectivity index (χ0v) is 12.7. The summed E-state index contributed by atoms with van der Waals surface area (Å²) in [5.74, 6) is -0.0669. The molecule has 5 nitrogen and oxygen atoms in total. The van der Waals surface area contributed by atoms with Crippen LogP contribution >= 0.6 is 23.2 Å². The van der Waals surface area contributed by atoms with Gasteiger partial charge in [-0.25, -0.2) is 4.98 Å². The quantitative estimate of drug-likeness (QED) is 0.658. The van der Waals surface area contributed by atoms with E-state index in [9.17, 15) is 4.79 Å². The maximum absolute atomic E-state index is 12.0.